The van der Waals surface area contributed by atoms with Gasteiger partial charge in [0, 0.05) is 30.3 Å². The molecule has 0 saturated carbocycles. The second-order valence-electron chi connectivity index (χ2n) is 9.16. The molecule has 38 heavy (non-hydrogen) atoms. The second kappa shape index (κ2) is 11.4. The lowest BCUT2D eigenvalue weighted by atomic mass is 9.93. The molecule has 5 rings (SSSR count). The molecule has 1 N–H and O–H groups in total. The van der Waals surface area contributed by atoms with Crippen LogP contribution >= 0.6 is 0 Å². The molecule has 0 aliphatic carbocycles. The lowest BCUT2D eigenvalue weighted by Crippen LogP contribution is -2.67. The Hall–Kier alpha value is -3.67. The van der Waals surface area contributed by atoms with Crippen LogP contribution < -0.4 is 4.90 Å². The van der Waals surface area contributed by atoms with Gasteiger partial charge in [-0.25, -0.2) is 0 Å². The van der Waals surface area contributed by atoms with Crippen LogP contribution in [0.25, 0.3) is 0 Å². The molecule has 1 unspecified atom stereocenters. The predicted octanol–water partition coefficient (Wildman–Crippen LogP) is 3.73. The molecule has 2 aliphatic heterocycles. The van der Waals surface area contributed by atoms with Crippen molar-refractivity contribution < 1.29 is 33.8 Å². The van der Waals surface area contributed by atoms with Crippen molar-refractivity contribution in [3.8, 4) is 0 Å². The third-order valence-corrected chi connectivity index (χ3v) is 6.66. The molecule has 198 valence electrons. The van der Waals surface area contributed by atoms with Gasteiger partial charge in [0.2, 0.25) is 5.91 Å². The van der Waals surface area contributed by atoms with Crippen molar-refractivity contribution in [2.75, 3.05) is 11.5 Å². The molecular weight excluding hydrogens is 492 g/mol. The zero-order valence-corrected chi connectivity index (χ0v) is 20.7. The first-order chi connectivity index (χ1) is 18.4. The molecule has 0 radical (unpaired) electrons. The Morgan fingerprint density at radius 1 is 1.03 bits per heavy atom. The number of aliphatic hydroxyl groups excluding tert-OH is 1. The van der Waals surface area contributed by atoms with Crippen LogP contribution in [0, 0.1) is 10.1 Å². The van der Waals surface area contributed by atoms with E-state index in [9.17, 15) is 20.0 Å². The van der Waals surface area contributed by atoms with Gasteiger partial charge < -0.3 is 29.0 Å². The Kier molecular flexibility index (Phi) is 7.77. The molecule has 6 atom stereocenters. The summed E-state index contributed by atoms with van der Waals surface area (Å²) in [4.78, 5) is 25.0. The molecule has 10 heteroatoms. The van der Waals surface area contributed by atoms with Crippen LogP contribution in [0.2, 0.25) is 0 Å². The first-order valence-corrected chi connectivity index (χ1v) is 12.3. The monoisotopic (exact) mass is 520 g/mol. The second-order valence-corrected chi connectivity index (χ2v) is 9.16. The molecule has 3 aromatic rings. The van der Waals surface area contributed by atoms with Crippen molar-refractivity contribution >= 4 is 17.3 Å². The number of carbonyl (C=O) groups excluding carboxylic acids is 1. The van der Waals surface area contributed by atoms with Crippen molar-refractivity contribution in [2.24, 2.45) is 0 Å². The van der Waals surface area contributed by atoms with Crippen LogP contribution in [0.4, 0.5) is 11.4 Å². The van der Waals surface area contributed by atoms with Crippen LogP contribution in [-0.2, 0) is 30.3 Å². The van der Waals surface area contributed by atoms with Crippen molar-refractivity contribution in [1.82, 2.24) is 0 Å². The van der Waals surface area contributed by atoms with Crippen molar-refractivity contribution in [3.05, 3.63) is 106 Å². The summed E-state index contributed by atoms with van der Waals surface area (Å²) < 4.78 is 24.6. The van der Waals surface area contributed by atoms with Gasteiger partial charge in [-0.05, 0) is 17.7 Å². The molecule has 0 spiro atoms. The average Bonchev–Trinajstić information content (AvgIpc) is 2.94. The molecule has 2 heterocycles. The number of benzene rings is 3. The quantitative estimate of drug-likeness (QED) is 0.370. The van der Waals surface area contributed by atoms with Gasteiger partial charge in [-0.15, -0.1) is 0 Å². The van der Waals surface area contributed by atoms with Gasteiger partial charge in [-0.2, -0.15) is 0 Å². The highest BCUT2D eigenvalue weighted by Crippen LogP contribution is 2.38. The summed E-state index contributed by atoms with van der Waals surface area (Å²) >= 11 is 0. The summed E-state index contributed by atoms with van der Waals surface area (Å²) in [7, 11) is 0. The standard InChI is InChI=1S/C28H28N2O8/c1-18(31)29(21-12-14-22(15-13-21)30(33)34)24-26(35-16-19-8-4-2-5-9-19)25-23(37-27(24)32)17-36-28(38-25)20-10-6-3-7-11-20/h2-15,23-28,32H,16-17H2,1H3/t23-,24-,25-,26+,27-,28?/m1/s1. The van der Waals surface area contributed by atoms with Gasteiger partial charge in [0.05, 0.1) is 18.1 Å². The van der Waals surface area contributed by atoms with E-state index in [1.807, 2.05) is 60.7 Å². The fraction of sp³-hybridized carbons (Fsp3) is 0.321. The minimum Gasteiger partial charge on any atom is -0.368 e. The molecule has 1 amide bonds. The molecule has 2 fully saturated rings. The molecule has 0 aromatic heterocycles. The number of rotatable bonds is 7. The number of hydrogen-bond donors (Lipinski definition) is 1. The van der Waals surface area contributed by atoms with E-state index >= 15 is 0 Å². The van der Waals surface area contributed by atoms with Crippen molar-refractivity contribution in [3.63, 3.8) is 0 Å². The van der Waals surface area contributed by atoms with E-state index < -0.39 is 47.8 Å². The Morgan fingerprint density at radius 3 is 2.32 bits per heavy atom. The fourth-order valence-electron chi connectivity index (χ4n) is 4.89. The largest absolute Gasteiger partial charge is 0.368 e. The number of nitrogens with zero attached hydrogens (tertiary/aromatic N) is 2. The number of non-ortho nitro benzene ring substituents is 1. The van der Waals surface area contributed by atoms with E-state index in [2.05, 4.69) is 0 Å². The Labute approximate surface area is 219 Å². The van der Waals surface area contributed by atoms with Gasteiger partial charge in [0.1, 0.15) is 24.4 Å². The molecule has 0 bridgehead atoms. The lowest BCUT2D eigenvalue weighted by molar-refractivity contribution is -0.384. The summed E-state index contributed by atoms with van der Waals surface area (Å²) in [6.07, 6.45) is -4.28. The average molecular weight is 521 g/mol. The zero-order chi connectivity index (χ0) is 26.6. The Bertz CT molecular complexity index is 1240. The number of nitro groups is 1. The van der Waals surface area contributed by atoms with Gasteiger partial charge in [-0.1, -0.05) is 60.7 Å². The summed E-state index contributed by atoms with van der Waals surface area (Å²) in [5.41, 5.74) is 1.96. The molecule has 3 aromatic carbocycles. The first-order valence-electron chi connectivity index (χ1n) is 12.3. The third-order valence-electron chi connectivity index (χ3n) is 6.66. The van der Waals surface area contributed by atoms with Gasteiger partial charge in [0.15, 0.2) is 12.6 Å². The van der Waals surface area contributed by atoms with E-state index in [1.54, 1.807) is 0 Å². The van der Waals surface area contributed by atoms with Crippen LogP contribution in [0.15, 0.2) is 84.9 Å². The number of hydrogen-bond acceptors (Lipinski definition) is 8. The number of carbonyl (C=O) groups is 1. The summed E-state index contributed by atoms with van der Waals surface area (Å²) in [5.74, 6) is -0.398. The summed E-state index contributed by atoms with van der Waals surface area (Å²) in [6, 6.07) is 23.5. The topological polar surface area (TPSA) is 121 Å². The SMILES string of the molecule is CC(=O)N(c1ccc([N+](=O)[O-])cc1)[C@@H]1[C@H](OCc2ccccc2)[C@@H]2OC(c3ccccc3)OC[C@H]2O[C@H]1O. The Balaban J connectivity index is 1.50. The molecule has 2 aliphatic rings. The zero-order valence-electron chi connectivity index (χ0n) is 20.7. The minimum absolute atomic E-state index is 0.117. The van der Waals surface area contributed by atoms with Crippen LogP contribution in [0.3, 0.4) is 0 Å². The van der Waals surface area contributed by atoms with Crippen LogP contribution in [-0.4, -0.2) is 53.2 Å². The summed E-state index contributed by atoms with van der Waals surface area (Å²) in [5, 5.41) is 22.3. The number of anilines is 1. The predicted molar refractivity (Wildman–Crippen MR) is 136 cm³/mol. The number of fused-ring (bicyclic) bond motifs is 1. The van der Waals surface area contributed by atoms with Crippen molar-refractivity contribution in [2.45, 2.75) is 50.5 Å². The third kappa shape index (κ3) is 5.45. The molecular formula is C28H28N2O8. The summed E-state index contributed by atoms with van der Waals surface area (Å²) in [6.45, 7) is 1.70. The number of amides is 1. The van der Waals surface area contributed by atoms with E-state index in [-0.39, 0.29) is 18.9 Å². The smallest absolute Gasteiger partial charge is 0.269 e. The Morgan fingerprint density at radius 2 is 1.68 bits per heavy atom. The van der Waals surface area contributed by atoms with Gasteiger partial charge in [-0.3, -0.25) is 14.9 Å². The van der Waals surface area contributed by atoms with E-state index in [0.717, 1.165) is 11.1 Å². The maximum atomic E-state index is 13.0. The molecule has 10 nitrogen and oxygen atoms in total. The normalized spacial score (nSPS) is 26.8. The highest BCUT2D eigenvalue weighted by molar-refractivity contribution is 5.92. The highest BCUT2D eigenvalue weighted by Gasteiger charge is 2.53. The van der Waals surface area contributed by atoms with Crippen LogP contribution in [0.5, 0.6) is 0 Å². The van der Waals surface area contributed by atoms with E-state index in [1.165, 1.54) is 36.1 Å². The lowest BCUT2D eigenvalue weighted by Gasteiger charge is -2.50. The molecule has 2 saturated heterocycles. The maximum absolute atomic E-state index is 13.0. The van der Waals surface area contributed by atoms with E-state index in [4.69, 9.17) is 18.9 Å². The number of nitro benzene ring substituents is 1. The first kappa shape index (κ1) is 26.0. The minimum atomic E-state index is -1.43. The maximum Gasteiger partial charge on any atom is 0.269 e. The van der Waals surface area contributed by atoms with E-state index in [0.29, 0.717) is 5.69 Å². The number of ether oxygens (including phenoxy) is 4. The number of aliphatic hydroxyl groups is 1. The highest BCUT2D eigenvalue weighted by atomic mass is 16.7. The van der Waals surface area contributed by atoms with Crippen LogP contribution in [0.1, 0.15) is 24.3 Å². The fourth-order valence-corrected chi connectivity index (χ4v) is 4.89. The van der Waals surface area contributed by atoms with Crippen molar-refractivity contribution in [1.29, 1.82) is 0 Å². The van der Waals surface area contributed by atoms with Gasteiger partial charge in [0.25, 0.3) is 5.69 Å². The van der Waals surface area contributed by atoms with Gasteiger partial charge >= 0.3 is 0 Å².